The molecule has 0 radical (unpaired) electrons. The molecule has 2 aromatic carbocycles. The summed E-state index contributed by atoms with van der Waals surface area (Å²) >= 11 is 0. The molecule has 0 aliphatic carbocycles. The SMILES string of the molecule is CCCNc1ccccc1-c1ccccc1. The van der Waals surface area contributed by atoms with E-state index in [1.165, 1.54) is 16.8 Å². The lowest BCUT2D eigenvalue weighted by Gasteiger charge is -2.11. The van der Waals surface area contributed by atoms with Crippen molar-refractivity contribution in [3.8, 4) is 11.1 Å². The topological polar surface area (TPSA) is 12.0 Å². The van der Waals surface area contributed by atoms with Gasteiger partial charge in [-0.1, -0.05) is 55.5 Å². The molecule has 0 amide bonds. The molecule has 0 aliphatic rings. The fourth-order valence-corrected chi connectivity index (χ4v) is 1.77. The van der Waals surface area contributed by atoms with Crippen molar-refractivity contribution >= 4 is 5.69 Å². The van der Waals surface area contributed by atoms with E-state index in [9.17, 15) is 0 Å². The van der Waals surface area contributed by atoms with Crippen LogP contribution in [0.1, 0.15) is 13.3 Å². The first-order chi connectivity index (χ1) is 7.92. The maximum absolute atomic E-state index is 3.46. The predicted molar refractivity (Wildman–Crippen MR) is 70.7 cm³/mol. The molecule has 82 valence electrons. The number of benzene rings is 2. The third kappa shape index (κ3) is 2.43. The van der Waals surface area contributed by atoms with Gasteiger partial charge < -0.3 is 5.32 Å². The van der Waals surface area contributed by atoms with Crippen molar-refractivity contribution in [2.24, 2.45) is 0 Å². The summed E-state index contributed by atoms with van der Waals surface area (Å²) in [6.45, 7) is 3.20. The quantitative estimate of drug-likeness (QED) is 0.800. The van der Waals surface area contributed by atoms with Gasteiger partial charge in [0.2, 0.25) is 0 Å². The number of anilines is 1. The van der Waals surface area contributed by atoms with Crippen LogP contribution in [0, 0.1) is 0 Å². The summed E-state index contributed by atoms with van der Waals surface area (Å²) < 4.78 is 0. The van der Waals surface area contributed by atoms with E-state index in [1.807, 2.05) is 6.07 Å². The first kappa shape index (κ1) is 10.7. The van der Waals surface area contributed by atoms with Crippen LogP contribution in [0.5, 0.6) is 0 Å². The molecule has 0 aromatic heterocycles. The van der Waals surface area contributed by atoms with Crippen LogP contribution in [0.3, 0.4) is 0 Å². The normalized spacial score (nSPS) is 10.1. The highest BCUT2D eigenvalue weighted by molar-refractivity contribution is 5.77. The molecule has 0 spiro atoms. The van der Waals surface area contributed by atoms with Gasteiger partial charge in [-0.3, -0.25) is 0 Å². The first-order valence-electron chi connectivity index (χ1n) is 5.80. The lowest BCUT2D eigenvalue weighted by molar-refractivity contribution is 0.980. The van der Waals surface area contributed by atoms with Gasteiger partial charge in [0.15, 0.2) is 0 Å². The summed E-state index contributed by atoms with van der Waals surface area (Å²) in [5.74, 6) is 0. The van der Waals surface area contributed by atoms with Gasteiger partial charge in [-0.25, -0.2) is 0 Å². The lowest BCUT2D eigenvalue weighted by atomic mass is 10.0. The van der Waals surface area contributed by atoms with E-state index in [4.69, 9.17) is 0 Å². The maximum atomic E-state index is 3.46. The van der Waals surface area contributed by atoms with Crippen LogP contribution >= 0.6 is 0 Å². The van der Waals surface area contributed by atoms with E-state index in [0.717, 1.165) is 13.0 Å². The Morgan fingerprint density at radius 1 is 0.875 bits per heavy atom. The molecule has 0 heterocycles. The fourth-order valence-electron chi connectivity index (χ4n) is 1.77. The zero-order valence-corrected chi connectivity index (χ0v) is 9.61. The molecule has 2 rings (SSSR count). The maximum Gasteiger partial charge on any atom is 0.0419 e. The van der Waals surface area contributed by atoms with Crippen molar-refractivity contribution in [3.63, 3.8) is 0 Å². The molecular formula is C15H17N. The van der Waals surface area contributed by atoms with Gasteiger partial charge in [0.25, 0.3) is 0 Å². The van der Waals surface area contributed by atoms with Crippen LogP contribution < -0.4 is 5.32 Å². The van der Waals surface area contributed by atoms with Crippen LogP contribution in [0.15, 0.2) is 54.6 Å². The van der Waals surface area contributed by atoms with Crippen LogP contribution in [-0.4, -0.2) is 6.54 Å². The van der Waals surface area contributed by atoms with E-state index in [1.54, 1.807) is 0 Å². The predicted octanol–water partition coefficient (Wildman–Crippen LogP) is 4.18. The van der Waals surface area contributed by atoms with Crippen LogP contribution in [-0.2, 0) is 0 Å². The number of hydrogen-bond acceptors (Lipinski definition) is 1. The van der Waals surface area contributed by atoms with Crippen molar-refractivity contribution in [1.29, 1.82) is 0 Å². The highest BCUT2D eigenvalue weighted by Gasteiger charge is 2.02. The number of nitrogens with one attached hydrogen (secondary N) is 1. The molecule has 0 atom stereocenters. The van der Waals surface area contributed by atoms with Gasteiger partial charge >= 0.3 is 0 Å². The molecule has 1 heteroatoms. The standard InChI is InChI=1S/C15H17N/c1-2-12-16-15-11-7-6-10-14(15)13-8-4-3-5-9-13/h3-11,16H,2,12H2,1H3. The minimum atomic E-state index is 1.02. The molecule has 16 heavy (non-hydrogen) atoms. The van der Waals surface area contributed by atoms with E-state index < -0.39 is 0 Å². The minimum absolute atomic E-state index is 1.02. The van der Waals surface area contributed by atoms with E-state index in [0.29, 0.717) is 0 Å². The minimum Gasteiger partial charge on any atom is -0.385 e. The van der Waals surface area contributed by atoms with Crippen LogP contribution in [0.4, 0.5) is 5.69 Å². The van der Waals surface area contributed by atoms with Crippen molar-refractivity contribution in [3.05, 3.63) is 54.6 Å². The van der Waals surface area contributed by atoms with E-state index >= 15 is 0 Å². The average Bonchev–Trinajstić information content (AvgIpc) is 2.38. The molecule has 1 N–H and O–H groups in total. The largest absolute Gasteiger partial charge is 0.385 e. The molecule has 0 unspecified atom stereocenters. The summed E-state index contributed by atoms with van der Waals surface area (Å²) in [7, 11) is 0. The van der Waals surface area contributed by atoms with Gasteiger partial charge in [-0.15, -0.1) is 0 Å². The Morgan fingerprint density at radius 2 is 1.56 bits per heavy atom. The first-order valence-corrected chi connectivity index (χ1v) is 5.80. The molecule has 0 aliphatic heterocycles. The lowest BCUT2D eigenvalue weighted by Crippen LogP contribution is -2.00. The Morgan fingerprint density at radius 3 is 2.31 bits per heavy atom. The zero-order chi connectivity index (χ0) is 11.2. The smallest absolute Gasteiger partial charge is 0.0419 e. The number of hydrogen-bond donors (Lipinski definition) is 1. The molecular weight excluding hydrogens is 194 g/mol. The van der Waals surface area contributed by atoms with Gasteiger partial charge in [-0.05, 0) is 18.1 Å². The highest BCUT2D eigenvalue weighted by atomic mass is 14.9. The monoisotopic (exact) mass is 211 g/mol. The van der Waals surface area contributed by atoms with Gasteiger partial charge in [-0.2, -0.15) is 0 Å². The Kier molecular flexibility index (Phi) is 3.60. The molecule has 2 aromatic rings. The van der Waals surface area contributed by atoms with E-state index in [2.05, 4.69) is 60.8 Å². The second-order valence-electron chi connectivity index (χ2n) is 3.84. The summed E-state index contributed by atoms with van der Waals surface area (Å²) in [5, 5.41) is 3.46. The molecule has 1 nitrogen and oxygen atoms in total. The number of para-hydroxylation sites is 1. The van der Waals surface area contributed by atoms with Crippen LogP contribution in [0.25, 0.3) is 11.1 Å². The van der Waals surface area contributed by atoms with Crippen molar-refractivity contribution in [2.75, 3.05) is 11.9 Å². The van der Waals surface area contributed by atoms with Gasteiger partial charge in [0.1, 0.15) is 0 Å². The molecule has 0 saturated heterocycles. The van der Waals surface area contributed by atoms with Crippen molar-refractivity contribution < 1.29 is 0 Å². The second kappa shape index (κ2) is 5.36. The molecule has 0 fully saturated rings. The third-order valence-corrected chi connectivity index (χ3v) is 2.58. The van der Waals surface area contributed by atoms with Crippen molar-refractivity contribution in [2.45, 2.75) is 13.3 Å². The van der Waals surface area contributed by atoms with Gasteiger partial charge in [0.05, 0.1) is 0 Å². The average molecular weight is 211 g/mol. The Balaban J connectivity index is 2.33. The van der Waals surface area contributed by atoms with E-state index in [-0.39, 0.29) is 0 Å². The van der Waals surface area contributed by atoms with Gasteiger partial charge in [0, 0.05) is 17.8 Å². The zero-order valence-electron chi connectivity index (χ0n) is 9.61. The third-order valence-electron chi connectivity index (χ3n) is 2.58. The number of rotatable bonds is 4. The molecule has 0 saturated carbocycles. The summed E-state index contributed by atoms with van der Waals surface area (Å²) in [5.41, 5.74) is 3.76. The van der Waals surface area contributed by atoms with Crippen molar-refractivity contribution in [1.82, 2.24) is 0 Å². The van der Waals surface area contributed by atoms with Crippen LogP contribution in [0.2, 0.25) is 0 Å². The second-order valence-corrected chi connectivity index (χ2v) is 3.84. The fraction of sp³-hybridized carbons (Fsp3) is 0.200. The Bertz CT molecular complexity index is 434. The molecule has 0 bridgehead atoms. The highest BCUT2D eigenvalue weighted by Crippen LogP contribution is 2.27. The summed E-state index contributed by atoms with van der Waals surface area (Å²) in [6.07, 6.45) is 1.14. The summed E-state index contributed by atoms with van der Waals surface area (Å²) in [6, 6.07) is 18.9. The Hall–Kier alpha value is -1.76. The Labute approximate surface area is 97.1 Å². The summed E-state index contributed by atoms with van der Waals surface area (Å²) in [4.78, 5) is 0.